The second-order valence-corrected chi connectivity index (χ2v) is 6.24. The highest BCUT2D eigenvalue weighted by Crippen LogP contribution is 2.34. The summed E-state index contributed by atoms with van der Waals surface area (Å²) < 4.78 is 7.97. The van der Waals surface area contributed by atoms with Crippen LogP contribution in [0.5, 0.6) is 0 Å². The van der Waals surface area contributed by atoms with Gasteiger partial charge in [-0.3, -0.25) is 0 Å². The van der Waals surface area contributed by atoms with Crippen molar-refractivity contribution in [2.75, 3.05) is 7.05 Å². The molecular formula is C13H15Br2NO. The quantitative estimate of drug-likeness (QED) is 0.844. The van der Waals surface area contributed by atoms with E-state index in [1.807, 2.05) is 13.1 Å². The van der Waals surface area contributed by atoms with Crippen molar-refractivity contribution in [3.8, 4) is 0 Å². The van der Waals surface area contributed by atoms with E-state index in [0.29, 0.717) is 5.92 Å². The van der Waals surface area contributed by atoms with Crippen molar-refractivity contribution in [1.29, 1.82) is 0 Å². The molecule has 4 heteroatoms. The van der Waals surface area contributed by atoms with Gasteiger partial charge in [-0.05, 0) is 47.1 Å². The molecule has 0 aliphatic carbocycles. The number of hydrogen-bond donors (Lipinski definition) is 1. The molecule has 0 saturated carbocycles. The molecule has 0 fully saturated rings. The summed E-state index contributed by atoms with van der Waals surface area (Å²) in [5.41, 5.74) is 0.907. The molecule has 0 bridgehead atoms. The van der Waals surface area contributed by atoms with Crippen LogP contribution >= 0.6 is 31.9 Å². The van der Waals surface area contributed by atoms with Gasteiger partial charge in [-0.2, -0.15) is 0 Å². The third-order valence-corrected chi connectivity index (χ3v) is 3.89. The number of rotatable bonds is 3. The number of benzene rings is 1. The van der Waals surface area contributed by atoms with Crippen molar-refractivity contribution in [2.24, 2.45) is 5.92 Å². The molecule has 2 nitrogen and oxygen atoms in total. The Morgan fingerprint density at radius 2 is 1.88 bits per heavy atom. The van der Waals surface area contributed by atoms with Gasteiger partial charge in [-0.1, -0.05) is 29.8 Å². The van der Waals surface area contributed by atoms with Crippen LogP contribution in [0.25, 0.3) is 11.0 Å². The van der Waals surface area contributed by atoms with Gasteiger partial charge in [0.05, 0.1) is 10.5 Å². The fraction of sp³-hybridized carbons (Fsp3) is 0.385. The normalized spacial score (nSPS) is 13.5. The van der Waals surface area contributed by atoms with Gasteiger partial charge in [0.1, 0.15) is 11.3 Å². The molecule has 1 aromatic heterocycles. The van der Waals surface area contributed by atoms with Crippen LogP contribution in [0.4, 0.5) is 0 Å². The van der Waals surface area contributed by atoms with E-state index >= 15 is 0 Å². The largest absolute Gasteiger partial charge is 0.458 e. The van der Waals surface area contributed by atoms with E-state index in [2.05, 4.69) is 63.2 Å². The van der Waals surface area contributed by atoms with Crippen LogP contribution in [0, 0.1) is 5.92 Å². The smallest absolute Gasteiger partial charge is 0.148 e. The van der Waals surface area contributed by atoms with Gasteiger partial charge >= 0.3 is 0 Å². The van der Waals surface area contributed by atoms with Crippen LogP contribution in [-0.4, -0.2) is 7.05 Å². The van der Waals surface area contributed by atoms with Crippen LogP contribution in [0.15, 0.2) is 31.6 Å². The highest BCUT2D eigenvalue weighted by atomic mass is 79.9. The Balaban J connectivity index is 2.54. The van der Waals surface area contributed by atoms with E-state index in [4.69, 9.17) is 4.42 Å². The highest BCUT2D eigenvalue weighted by Gasteiger charge is 2.19. The standard InChI is InChI=1S/C13H15Br2NO/c1-7(2)12(16-3)11-5-8-4-9(14)6-10(15)13(8)17-11/h4-7,12,16H,1-3H3. The molecule has 0 aliphatic heterocycles. The van der Waals surface area contributed by atoms with E-state index in [9.17, 15) is 0 Å². The molecule has 0 amide bonds. The number of halogens is 2. The maximum Gasteiger partial charge on any atom is 0.148 e. The molecule has 17 heavy (non-hydrogen) atoms. The molecule has 92 valence electrons. The first-order valence-corrected chi connectivity index (χ1v) is 7.17. The van der Waals surface area contributed by atoms with Crippen LogP contribution in [0.1, 0.15) is 25.6 Å². The fourth-order valence-electron chi connectivity index (χ4n) is 2.05. The van der Waals surface area contributed by atoms with Crippen molar-refractivity contribution >= 4 is 42.8 Å². The molecular weight excluding hydrogens is 346 g/mol. The first-order valence-electron chi connectivity index (χ1n) is 5.58. The van der Waals surface area contributed by atoms with Crippen LogP contribution in [0.2, 0.25) is 0 Å². The Bertz CT molecular complexity index is 533. The van der Waals surface area contributed by atoms with Gasteiger partial charge < -0.3 is 9.73 Å². The fourth-order valence-corrected chi connectivity index (χ4v) is 3.39. The SMILES string of the molecule is CNC(c1cc2cc(Br)cc(Br)c2o1)C(C)C. The van der Waals surface area contributed by atoms with Gasteiger partial charge in [-0.15, -0.1) is 0 Å². The molecule has 1 atom stereocenters. The predicted octanol–water partition coefficient (Wildman–Crippen LogP) is 4.87. The monoisotopic (exact) mass is 359 g/mol. The third-order valence-electron chi connectivity index (χ3n) is 2.84. The summed E-state index contributed by atoms with van der Waals surface area (Å²) in [6.45, 7) is 4.36. The first kappa shape index (κ1) is 13.1. The summed E-state index contributed by atoms with van der Waals surface area (Å²) in [4.78, 5) is 0. The number of furan rings is 1. The van der Waals surface area contributed by atoms with Crippen molar-refractivity contribution in [3.63, 3.8) is 0 Å². The highest BCUT2D eigenvalue weighted by molar-refractivity contribution is 9.11. The zero-order chi connectivity index (χ0) is 12.6. The first-order chi connectivity index (χ1) is 8.02. The molecule has 0 saturated heterocycles. The maximum absolute atomic E-state index is 5.94. The minimum Gasteiger partial charge on any atom is -0.458 e. The summed E-state index contributed by atoms with van der Waals surface area (Å²) in [5, 5.41) is 4.41. The van der Waals surface area contributed by atoms with Gasteiger partial charge in [0.15, 0.2) is 0 Å². The molecule has 1 N–H and O–H groups in total. The Morgan fingerprint density at radius 1 is 1.18 bits per heavy atom. The van der Waals surface area contributed by atoms with Crippen molar-refractivity contribution in [1.82, 2.24) is 5.32 Å². The lowest BCUT2D eigenvalue weighted by molar-refractivity contribution is 0.370. The number of hydrogen-bond acceptors (Lipinski definition) is 2. The van der Waals surface area contributed by atoms with E-state index < -0.39 is 0 Å². The average molecular weight is 361 g/mol. The predicted molar refractivity (Wildman–Crippen MR) is 78.3 cm³/mol. The zero-order valence-electron chi connectivity index (χ0n) is 10.1. The van der Waals surface area contributed by atoms with Crippen LogP contribution < -0.4 is 5.32 Å². The topological polar surface area (TPSA) is 25.2 Å². The van der Waals surface area contributed by atoms with Gasteiger partial charge in [0.2, 0.25) is 0 Å². The summed E-state index contributed by atoms with van der Waals surface area (Å²) in [6, 6.07) is 6.42. The average Bonchev–Trinajstić information content (AvgIpc) is 2.61. The van der Waals surface area contributed by atoms with E-state index in [1.165, 1.54) is 0 Å². The number of nitrogens with one attached hydrogen (secondary N) is 1. The lowest BCUT2D eigenvalue weighted by Crippen LogP contribution is -2.20. The Kier molecular flexibility index (Phi) is 3.95. The van der Waals surface area contributed by atoms with E-state index in [-0.39, 0.29) is 6.04 Å². The summed E-state index contributed by atoms with van der Waals surface area (Å²) in [7, 11) is 1.96. The molecule has 2 rings (SSSR count). The van der Waals surface area contributed by atoms with Gasteiger partial charge in [0, 0.05) is 9.86 Å². The van der Waals surface area contributed by atoms with E-state index in [1.54, 1.807) is 0 Å². The molecule has 1 aromatic carbocycles. The Hall–Kier alpha value is -0.320. The maximum atomic E-state index is 5.94. The number of fused-ring (bicyclic) bond motifs is 1. The Labute approximate surface area is 118 Å². The zero-order valence-corrected chi connectivity index (χ0v) is 13.2. The van der Waals surface area contributed by atoms with Gasteiger partial charge in [0.25, 0.3) is 0 Å². The lowest BCUT2D eigenvalue weighted by atomic mass is 10.0. The summed E-state index contributed by atoms with van der Waals surface area (Å²) >= 11 is 7.01. The molecule has 1 unspecified atom stereocenters. The molecule has 1 heterocycles. The second kappa shape index (κ2) is 5.12. The van der Waals surface area contributed by atoms with Crippen molar-refractivity contribution in [3.05, 3.63) is 32.9 Å². The van der Waals surface area contributed by atoms with Crippen molar-refractivity contribution in [2.45, 2.75) is 19.9 Å². The second-order valence-electron chi connectivity index (χ2n) is 4.47. The van der Waals surface area contributed by atoms with Crippen LogP contribution in [0.3, 0.4) is 0 Å². The van der Waals surface area contributed by atoms with E-state index in [0.717, 1.165) is 25.7 Å². The molecule has 0 aliphatic rings. The minimum atomic E-state index is 0.244. The lowest BCUT2D eigenvalue weighted by Gasteiger charge is -2.17. The van der Waals surface area contributed by atoms with Crippen LogP contribution in [-0.2, 0) is 0 Å². The molecule has 0 radical (unpaired) electrons. The molecule has 0 spiro atoms. The Morgan fingerprint density at radius 3 is 2.47 bits per heavy atom. The third kappa shape index (κ3) is 2.59. The molecule has 2 aromatic rings. The summed E-state index contributed by atoms with van der Waals surface area (Å²) in [6.07, 6.45) is 0. The minimum absolute atomic E-state index is 0.244. The summed E-state index contributed by atoms with van der Waals surface area (Å²) in [5.74, 6) is 1.47. The van der Waals surface area contributed by atoms with Crippen molar-refractivity contribution < 1.29 is 4.42 Å². The van der Waals surface area contributed by atoms with Gasteiger partial charge in [-0.25, -0.2) is 0 Å².